The van der Waals surface area contributed by atoms with Crippen molar-refractivity contribution < 1.29 is 9.53 Å². The first-order chi connectivity index (χ1) is 15.7. The fourth-order valence-corrected chi connectivity index (χ4v) is 3.72. The molecule has 2 heterocycles. The molecular weight excluding hydrogens is 414 g/mol. The third kappa shape index (κ3) is 4.67. The SMILES string of the molecule is COc1ccc(C)cc1NC(=O)Nc1ccc(-c2cc(C(C)(C)C)nc3n[nH]c(C)c23)cc1. The van der Waals surface area contributed by atoms with E-state index in [1.807, 2.05) is 56.3 Å². The molecule has 7 nitrogen and oxygen atoms in total. The fraction of sp³-hybridized carbons (Fsp3) is 0.269. The number of rotatable bonds is 4. The maximum atomic E-state index is 12.6. The summed E-state index contributed by atoms with van der Waals surface area (Å²) in [6, 6.07) is 15.2. The van der Waals surface area contributed by atoms with E-state index in [0.717, 1.165) is 33.5 Å². The number of amides is 2. The zero-order valence-corrected chi connectivity index (χ0v) is 19.8. The van der Waals surface area contributed by atoms with Crippen molar-refractivity contribution in [2.24, 2.45) is 0 Å². The normalized spacial score (nSPS) is 11.5. The topological polar surface area (TPSA) is 91.9 Å². The Kier molecular flexibility index (Phi) is 5.80. The number of urea groups is 1. The molecule has 0 spiro atoms. The van der Waals surface area contributed by atoms with Crippen molar-refractivity contribution in [1.82, 2.24) is 15.2 Å². The zero-order valence-electron chi connectivity index (χ0n) is 19.8. The Balaban J connectivity index is 1.59. The number of pyridine rings is 1. The Morgan fingerprint density at radius 3 is 2.39 bits per heavy atom. The van der Waals surface area contributed by atoms with Gasteiger partial charge in [0.1, 0.15) is 5.75 Å². The molecule has 0 saturated carbocycles. The van der Waals surface area contributed by atoms with E-state index in [9.17, 15) is 4.79 Å². The van der Waals surface area contributed by atoms with Gasteiger partial charge >= 0.3 is 6.03 Å². The Bertz CT molecular complexity index is 1320. The highest BCUT2D eigenvalue weighted by Crippen LogP contribution is 2.34. The molecule has 170 valence electrons. The molecule has 2 amide bonds. The molecule has 3 N–H and O–H groups in total. The number of hydrogen-bond acceptors (Lipinski definition) is 4. The van der Waals surface area contributed by atoms with Crippen molar-refractivity contribution in [2.45, 2.75) is 40.0 Å². The molecule has 2 aromatic carbocycles. The van der Waals surface area contributed by atoms with Gasteiger partial charge in [0.25, 0.3) is 0 Å². The largest absolute Gasteiger partial charge is 0.495 e. The lowest BCUT2D eigenvalue weighted by atomic mass is 9.89. The van der Waals surface area contributed by atoms with Gasteiger partial charge in [-0.15, -0.1) is 0 Å². The van der Waals surface area contributed by atoms with Gasteiger partial charge in [0.15, 0.2) is 5.65 Å². The molecule has 0 fully saturated rings. The van der Waals surface area contributed by atoms with Crippen LogP contribution in [-0.4, -0.2) is 28.3 Å². The van der Waals surface area contributed by atoms with Gasteiger partial charge in [0.05, 0.1) is 12.8 Å². The Morgan fingerprint density at radius 1 is 1.00 bits per heavy atom. The lowest BCUT2D eigenvalue weighted by Crippen LogP contribution is -2.19. The van der Waals surface area contributed by atoms with E-state index in [-0.39, 0.29) is 11.4 Å². The number of aromatic amines is 1. The van der Waals surface area contributed by atoms with Crippen LogP contribution in [0.2, 0.25) is 0 Å². The predicted molar refractivity (Wildman–Crippen MR) is 133 cm³/mol. The number of carbonyl (C=O) groups excluding carboxylic acids is 1. The van der Waals surface area contributed by atoms with Crippen LogP contribution in [0.3, 0.4) is 0 Å². The van der Waals surface area contributed by atoms with Crippen molar-refractivity contribution in [3.05, 3.63) is 65.5 Å². The summed E-state index contributed by atoms with van der Waals surface area (Å²) >= 11 is 0. The zero-order chi connectivity index (χ0) is 23.8. The smallest absolute Gasteiger partial charge is 0.323 e. The fourth-order valence-electron chi connectivity index (χ4n) is 3.72. The summed E-state index contributed by atoms with van der Waals surface area (Å²) in [4.78, 5) is 17.3. The highest BCUT2D eigenvalue weighted by atomic mass is 16.5. The van der Waals surface area contributed by atoms with Crippen molar-refractivity contribution in [2.75, 3.05) is 17.7 Å². The minimum Gasteiger partial charge on any atom is -0.495 e. The van der Waals surface area contributed by atoms with Crippen molar-refractivity contribution in [3.63, 3.8) is 0 Å². The van der Waals surface area contributed by atoms with Crippen LogP contribution in [0.5, 0.6) is 5.75 Å². The lowest BCUT2D eigenvalue weighted by molar-refractivity contribution is 0.262. The summed E-state index contributed by atoms with van der Waals surface area (Å²) < 4.78 is 5.33. The average Bonchev–Trinajstić information content (AvgIpc) is 3.14. The number of nitrogens with one attached hydrogen (secondary N) is 3. The minimum atomic E-state index is -0.335. The van der Waals surface area contributed by atoms with Gasteiger partial charge in [-0.1, -0.05) is 39.0 Å². The lowest BCUT2D eigenvalue weighted by Gasteiger charge is -2.19. The number of carbonyl (C=O) groups is 1. The number of nitrogens with zero attached hydrogens (tertiary/aromatic N) is 2. The van der Waals surface area contributed by atoms with E-state index in [4.69, 9.17) is 9.72 Å². The summed E-state index contributed by atoms with van der Waals surface area (Å²) in [6.07, 6.45) is 0. The number of H-pyrrole nitrogens is 1. The highest BCUT2D eigenvalue weighted by Gasteiger charge is 2.20. The second-order valence-electron chi connectivity index (χ2n) is 9.21. The molecule has 0 aliphatic rings. The number of anilines is 2. The van der Waals surface area contributed by atoms with Crippen molar-refractivity contribution >= 4 is 28.4 Å². The number of benzene rings is 2. The number of ether oxygens (including phenoxy) is 1. The van der Waals surface area contributed by atoms with Crippen molar-refractivity contribution in [3.8, 4) is 16.9 Å². The monoisotopic (exact) mass is 443 g/mol. The molecule has 0 aliphatic heterocycles. The van der Waals surface area contributed by atoms with Gasteiger partial charge in [-0.05, 0) is 60.9 Å². The standard InChI is InChI=1S/C26H29N5O2/c1-15-7-12-21(33-6)20(13-15)28-25(32)27-18-10-8-17(9-11-18)19-14-22(26(3,4)5)29-24-23(19)16(2)30-31-24/h7-14H,1-6H3,(H2,27,28,32)(H,29,30,31). The van der Waals surface area contributed by atoms with Gasteiger partial charge in [0.2, 0.25) is 0 Å². The second-order valence-corrected chi connectivity index (χ2v) is 9.21. The van der Waals surface area contributed by atoms with Gasteiger partial charge in [-0.2, -0.15) is 5.10 Å². The van der Waals surface area contributed by atoms with E-state index < -0.39 is 0 Å². The summed E-state index contributed by atoms with van der Waals surface area (Å²) in [7, 11) is 1.58. The van der Waals surface area contributed by atoms with E-state index in [1.54, 1.807) is 7.11 Å². The summed E-state index contributed by atoms with van der Waals surface area (Å²) in [5.74, 6) is 0.609. The second kappa shape index (κ2) is 8.58. The number of hydrogen-bond donors (Lipinski definition) is 3. The molecule has 33 heavy (non-hydrogen) atoms. The van der Waals surface area contributed by atoms with E-state index in [2.05, 4.69) is 47.7 Å². The first-order valence-corrected chi connectivity index (χ1v) is 10.8. The van der Waals surface area contributed by atoms with Gasteiger partial charge in [0, 0.05) is 27.9 Å². The van der Waals surface area contributed by atoms with Crippen LogP contribution in [0, 0.1) is 13.8 Å². The summed E-state index contributed by atoms with van der Waals surface area (Å²) in [5, 5.41) is 14.2. The first-order valence-electron chi connectivity index (χ1n) is 10.8. The molecular formula is C26H29N5O2. The number of methoxy groups -OCH3 is 1. The minimum absolute atomic E-state index is 0.105. The van der Waals surface area contributed by atoms with Crippen molar-refractivity contribution in [1.29, 1.82) is 0 Å². The highest BCUT2D eigenvalue weighted by molar-refractivity contribution is 6.01. The Hall–Kier alpha value is -3.87. The Morgan fingerprint density at radius 2 is 1.73 bits per heavy atom. The molecule has 0 bridgehead atoms. The molecule has 0 atom stereocenters. The first kappa shape index (κ1) is 22.3. The quantitative estimate of drug-likeness (QED) is 0.351. The third-order valence-electron chi connectivity index (χ3n) is 5.53. The molecule has 4 aromatic rings. The van der Waals surface area contributed by atoms with Gasteiger partial charge < -0.3 is 15.4 Å². The maximum Gasteiger partial charge on any atom is 0.323 e. The molecule has 0 radical (unpaired) electrons. The number of aromatic nitrogens is 3. The van der Waals surface area contributed by atoms with E-state index >= 15 is 0 Å². The molecule has 7 heteroatoms. The average molecular weight is 444 g/mol. The van der Waals surface area contributed by atoms with Crippen LogP contribution in [-0.2, 0) is 5.41 Å². The van der Waals surface area contributed by atoms with Crippen LogP contribution < -0.4 is 15.4 Å². The van der Waals surface area contributed by atoms with Gasteiger partial charge in [-0.25, -0.2) is 9.78 Å². The summed E-state index contributed by atoms with van der Waals surface area (Å²) in [5.41, 5.74) is 7.00. The predicted octanol–water partition coefficient (Wildman–Crippen LogP) is 6.19. The van der Waals surface area contributed by atoms with Gasteiger partial charge in [-0.3, -0.25) is 5.10 Å². The number of fused-ring (bicyclic) bond motifs is 1. The van der Waals surface area contributed by atoms with E-state index in [1.165, 1.54) is 0 Å². The van der Waals surface area contributed by atoms with Crippen LogP contribution in [0.15, 0.2) is 48.5 Å². The van der Waals surface area contributed by atoms with Crippen LogP contribution >= 0.6 is 0 Å². The summed E-state index contributed by atoms with van der Waals surface area (Å²) in [6.45, 7) is 10.4. The van der Waals surface area contributed by atoms with Crippen LogP contribution in [0.1, 0.15) is 37.7 Å². The van der Waals surface area contributed by atoms with E-state index in [0.29, 0.717) is 22.8 Å². The third-order valence-corrected chi connectivity index (χ3v) is 5.53. The number of aryl methyl sites for hydroxylation is 2. The Labute approximate surface area is 193 Å². The molecule has 0 aliphatic carbocycles. The maximum absolute atomic E-state index is 12.6. The molecule has 2 aromatic heterocycles. The van der Waals surface area contributed by atoms with Crippen LogP contribution in [0.4, 0.5) is 16.2 Å². The molecule has 0 saturated heterocycles. The van der Waals surface area contributed by atoms with Crippen LogP contribution in [0.25, 0.3) is 22.2 Å². The molecule has 4 rings (SSSR count). The molecule has 0 unspecified atom stereocenters.